The van der Waals surface area contributed by atoms with Crippen LogP contribution in [0.3, 0.4) is 0 Å². The number of anilines is 1. The zero-order valence-electron chi connectivity index (χ0n) is 19.7. The van der Waals surface area contributed by atoms with Crippen LogP contribution in [-0.2, 0) is 16.1 Å². The van der Waals surface area contributed by atoms with Gasteiger partial charge in [0.25, 0.3) is 0 Å². The van der Waals surface area contributed by atoms with E-state index in [4.69, 9.17) is 22.2 Å². The largest absolute Gasteiger partial charge is 0.441 e. The van der Waals surface area contributed by atoms with E-state index in [2.05, 4.69) is 21.9 Å². The van der Waals surface area contributed by atoms with Crippen molar-refractivity contribution in [2.45, 2.75) is 62.5 Å². The first-order chi connectivity index (χ1) is 16.9. The number of carbonyl (C=O) groups is 2. The Labute approximate surface area is 210 Å². The maximum Gasteiger partial charge on any atom is 0.415 e. The van der Waals surface area contributed by atoms with Crippen LogP contribution in [-0.4, -0.2) is 42.2 Å². The number of rotatable bonds is 6. The predicted molar refractivity (Wildman–Crippen MR) is 133 cm³/mol. The SMILES string of the molecule is NOC(=O)c1ccc(N2CC3(CCN(Cc4cc(C5CC5)c(Cl)c(C5CC5)c4)CC3)OC2=O)cc1. The van der Waals surface area contributed by atoms with Crippen LogP contribution in [0.1, 0.15) is 77.4 Å². The summed E-state index contributed by atoms with van der Waals surface area (Å²) in [7, 11) is 0. The molecule has 0 unspecified atom stereocenters. The quantitative estimate of drug-likeness (QED) is 0.560. The zero-order chi connectivity index (χ0) is 24.2. The van der Waals surface area contributed by atoms with Gasteiger partial charge in [-0.2, -0.15) is 5.90 Å². The first kappa shape index (κ1) is 22.8. The minimum atomic E-state index is -0.612. The molecule has 2 aromatic carbocycles. The molecule has 7 nitrogen and oxygen atoms in total. The minimum absolute atomic E-state index is 0.337. The zero-order valence-corrected chi connectivity index (χ0v) is 20.4. The van der Waals surface area contributed by atoms with Gasteiger partial charge in [0.2, 0.25) is 0 Å². The molecule has 0 atom stereocenters. The van der Waals surface area contributed by atoms with Crippen LogP contribution in [0, 0.1) is 0 Å². The van der Waals surface area contributed by atoms with Gasteiger partial charge in [-0.05, 0) is 78.5 Å². The number of carbonyl (C=O) groups excluding carboxylic acids is 2. The molecule has 35 heavy (non-hydrogen) atoms. The van der Waals surface area contributed by atoms with Crippen molar-refractivity contribution in [1.29, 1.82) is 0 Å². The fourth-order valence-corrected chi connectivity index (χ4v) is 5.93. The Morgan fingerprint density at radius 2 is 1.66 bits per heavy atom. The number of hydrogen-bond acceptors (Lipinski definition) is 6. The molecule has 0 radical (unpaired) electrons. The molecule has 2 N–H and O–H groups in total. The highest BCUT2D eigenvalue weighted by molar-refractivity contribution is 6.32. The summed E-state index contributed by atoms with van der Waals surface area (Å²) in [6, 6.07) is 11.3. The van der Waals surface area contributed by atoms with Crippen molar-refractivity contribution in [3.05, 3.63) is 63.7 Å². The number of piperidine rings is 1. The van der Waals surface area contributed by atoms with Crippen molar-refractivity contribution in [2.75, 3.05) is 24.5 Å². The lowest BCUT2D eigenvalue weighted by atomic mass is 9.90. The highest BCUT2D eigenvalue weighted by atomic mass is 35.5. The van der Waals surface area contributed by atoms with Crippen molar-refractivity contribution < 1.29 is 19.2 Å². The molecule has 184 valence electrons. The molecule has 2 saturated carbocycles. The summed E-state index contributed by atoms with van der Waals surface area (Å²) in [5.41, 5.74) is 4.63. The van der Waals surface area contributed by atoms with E-state index in [1.807, 2.05) is 0 Å². The lowest BCUT2D eigenvalue weighted by molar-refractivity contribution is -0.000988. The molecule has 2 aliphatic carbocycles. The molecule has 6 rings (SSSR count). The average molecular weight is 496 g/mol. The number of hydrogen-bond donors (Lipinski definition) is 1. The van der Waals surface area contributed by atoms with Gasteiger partial charge in [-0.1, -0.05) is 23.7 Å². The summed E-state index contributed by atoms with van der Waals surface area (Å²) >= 11 is 6.79. The first-order valence-corrected chi connectivity index (χ1v) is 12.9. The van der Waals surface area contributed by atoms with Crippen LogP contribution in [0.15, 0.2) is 36.4 Å². The Hall–Kier alpha value is -2.61. The van der Waals surface area contributed by atoms with Crippen molar-refractivity contribution in [3.63, 3.8) is 0 Å². The molecule has 0 aromatic heterocycles. The average Bonchev–Trinajstić information content (AvgIpc) is 3.79. The summed E-state index contributed by atoms with van der Waals surface area (Å²) in [4.78, 5) is 32.7. The maximum absolute atomic E-state index is 12.7. The van der Waals surface area contributed by atoms with E-state index in [1.165, 1.54) is 42.4 Å². The normalized spacial score (nSPS) is 21.9. The molecule has 2 aromatic rings. The fourth-order valence-electron chi connectivity index (χ4n) is 5.51. The maximum atomic E-state index is 12.7. The van der Waals surface area contributed by atoms with Gasteiger partial charge in [0.05, 0.1) is 12.1 Å². The molecule has 0 bridgehead atoms. The Kier molecular flexibility index (Phi) is 5.74. The summed E-state index contributed by atoms with van der Waals surface area (Å²) in [5.74, 6) is 5.62. The van der Waals surface area contributed by atoms with E-state index < -0.39 is 11.6 Å². The molecule has 8 heteroatoms. The molecule has 1 spiro atoms. The molecule has 4 aliphatic rings. The monoisotopic (exact) mass is 495 g/mol. The lowest BCUT2D eigenvalue weighted by Crippen LogP contribution is -2.46. The molecule has 1 amide bonds. The lowest BCUT2D eigenvalue weighted by Gasteiger charge is -2.37. The van der Waals surface area contributed by atoms with Gasteiger partial charge < -0.3 is 9.57 Å². The van der Waals surface area contributed by atoms with Gasteiger partial charge in [0.15, 0.2) is 0 Å². The summed E-state index contributed by atoms with van der Waals surface area (Å²) in [6.45, 7) is 3.17. The fraction of sp³-hybridized carbons (Fsp3) is 0.481. The van der Waals surface area contributed by atoms with E-state index in [-0.39, 0.29) is 6.09 Å². The van der Waals surface area contributed by atoms with Crippen LogP contribution in [0.2, 0.25) is 5.02 Å². The molecular weight excluding hydrogens is 466 g/mol. The standard InChI is InChI=1S/C27H30ClN3O4/c28-24-22(18-1-2-18)13-17(14-23(24)19-3-4-19)15-30-11-9-27(10-12-30)16-31(26(33)34-27)21-7-5-20(6-8-21)25(32)35-29/h5-8,13-14,18-19H,1-4,9-12,15-16,29H2. The van der Waals surface area contributed by atoms with Crippen molar-refractivity contribution in [2.24, 2.45) is 5.90 Å². The first-order valence-electron chi connectivity index (χ1n) is 12.5. The Morgan fingerprint density at radius 3 is 2.20 bits per heavy atom. The third-order valence-electron chi connectivity index (χ3n) is 7.89. The third kappa shape index (κ3) is 4.53. The van der Waals surface area contributed by atoms with Crippen molar-refractivity contribution in [3.8, 4) is 0 Å². The number of amides is 1. The van der Waals surface area contributed by atoms with Crippen LogP contribution in [0.4, 0.5) is 10.5 Å². The topological polar surface area (TPSA) is 85.1 Å². The second-order valence-electron chi connectivity index (χ2n) is 10.5. The summed E-state index contributed by atoms with van der Waals surface area (Å²) in [5, 5.41) is 1.02. The second kappa shape index (κ2) is 8.80. The molecule has 2 heterocycles. The summed E-state index contributed by atoms with van der Waals surface area (Å²) in [6.07, 6.45) is 6.26. The van der Waals surface area contributed by atoms with Gasteiger partial charge in [-0.25, -0.2) is 9.59 Å². The number of ether oxygens (including phenoxy) is 1. The molecule has 2 aliphatic heterocycles. The van der Waals surface area contributed by atoms with Crippen LogP contribution in [0.25, 0.3) is 0 Å². The smallest absolute Gasteiger partial charge is 0.415 e. The summed E-state index contributed by atoms with van der Waals surface area (Å²) < 4.78 is 5.92. The van der Waals surface area contributed by atoms with Crippen molar-refractivity contribution in [1.82, 2.24) is 4.90 Å². The van der Waals surface area contributed by atoms with E-state index in [9.17, 15) is 9.59 Å². The van der Waals surface area contributed by atoms with Gasteiger partial charge in [-0.3, -0.25) is 9.80 Å². The number of likely N-dealkylation sites (tertiary alicyclic amines) is 1. The van der Waals surface area contributed by atoms with E-state index >= 15 is 0 Å². The van der Waals surface area contributed by atoms with Crippen LogP contribution in [0.5, 0.6) is 0 Å². The highest BCUT2D eigenvalue weighted by Gasteiger charge is 2.47. The van der Waals surface area contributed by atoms with Gasteiger partial charge >= 0.3 is 12.1 Å². The molecule has 4 fully saturated rings. The van der Waals surface area contributed by atoms with E-state index in [1.54, 1.807) is 29.2 Å². The minimum Gasteiger partial charge on any atom is -0.441 e. The van der Waals surface area contributed by atoms with Gasteiger partial charge in [0, 0.05) is 43.2 Å². The number of halogens is 1. The van der Waals surface area contributed by atoms with E-state index in [0.717, 1.165) is 37.5 Å². The van der Waals surface area contributed by atoms with Gasteiger partial charge in [0.1, 0.15) is 5.60 Å². The number of nitrogens with two attached hydrogens (primary N) is 1. The van der Waals surface area contributed by atoms with Gasteiger partial charge in [-0.15, -0.1) is 0 Å². The Morgan fingerprint density at radius 1 is 1.06 bits per heavy atom. The molecule has 2 saturated heterocycles. The van der Waals surface area contributed by atoms with Crippen molar-refractivity contribution >= 4 is 29.4 Å². The second-order valence-corrected chi connectivity index (χ2v) is 10.9. The van der Waals surface area contributed by atoms with Crippen LogP contribution >= 0.6 is 11.6 Å². The Bertz CT molecular complexity index is 1120. The van der Waals surface area contributed by atoms with E-state index in [0.29, 0.717) is 29.6 Å². The highest BCUT2D eigenvalue weighted by Crippen LogP contribution is 2.50. The molecular formula is C27H30ClN3O4. The number of nitrogens with zero attached hydrogens (tertiary/aromatic N) is 2. The number of benzene rings is 2. The van der Waals surface area contributed by atoms with Crippen LogP contribution < -0.4 is 10.8 Å². The third-order valence-corrected chi connectivity index (χ3v) is 8.33. The Balaban J connectivity index is 1.11. The predicted octanol–water partition coefficient (Wildman–Crippen LogP) is 5.12.